The maximum Gasteiger partial charge on any atom is 0.301 e. The highest BCUT2D eigenvalue weighted by atomic mass is 32.2. The molecule has 0 bridgehead atoms. The Kier molecular flexibility index (Phi) is 6.94. The number of anilines is 1. The lowest BCUT2D eigenvalue weighted by molar-refractivity contribution is 0.242. The lowest BCUT2D eigenvalue weighted by Gasteiger charge is -2.18. The molecule has 1 aromatic carbocycles. The van der Waals surface area contributed by atoms with E-state index in [9.17, 15) is 8.42 Å². The van der Waals surface area contributed by atoms with Gasteiger partial charge in [-0.3, -0.25) is 4.72 Å². The molecular formula is C14H25N3O3S. The third-order valence-corrected chi connectivity index (χ3v) is 4.28. The highest BCUT2D eigenvalue weighted by Gasteiger charge is 2.16. The van der Waals surface area contributed by atoms with Crippen LogP contribution in [0.2, 0.25) is 0 Å². The second-order valence-corrected chi connectivity index (χ2v) is 6.85. The summed E-state index contributed by atoms with van der Waals surface area (Å²) in [7, 11) is -0.110. The van der Waals surface area contributed by atoms with Crippen LogP contribution in [-0.2, 0) is 10.2 Å². The summed E-state index contributed by atoms with van der Waals surface area (Å²) in [4.78, 5) is 0. The first kappa shape index (κ1) is 17.7. The number of nitrogens with zero attached hydrogens (tertiary/aromatic N) is 1. The van der Waals surface area contributed by atoms with Crippen molar-refractivity contribution >= 4 is 15.9 Å². The van der Waals surface area contributed by atoms with Crippen molar-refractivity contribution in [1.29, 1.82) is 0 Å². The fourth-order valence-electron chi connectivity index (χ4n) is 1.70. The topological polar surface area (TPSA) is 70.7 Å². The smallest absolute Gasteiger partial charge is 0.301 e. The maximum absolute atomic E-state index is 12.1. The maximum atomic E-state index is 12.1. The molecule has 0 aliphatic carbocycles. The van der Waals surface area contributed by atoms with E-state index in [1.54, 1.807) is 31.3 Å². The Bertz CT molecular complexity index is 515. The van der Waals surface area contributed by atoms with E-state index in [4.69, 9.17) is 4.74 Å². The van der Waals surface area contributed by atoms with Crippen LogP contribution in [0.15, 0.2) is 24.3 Å². The molecule has 0 saturated heterocycles. The van der Waals surface area contributed by atoms with E-state index in [1.807, 2.05) is 20.9 Å². The van der Waals surface area contributed by atoms with Crippen LogP contribution in [-0.4, -0.2) is 46.0 Å². The second kappa shape index (κ2) is 8.21. The van der Waals surface area contributed by atoms with Gasteiger partial charge >= 0.3 is 10.2 Å². The van der Waals surface area contributed by atoms with Gasteiger partial charge in [0.25, 0.3) is 0 Å². The van der Waals surface area contributed by atoms with E-state index in [-0.39, 0.29) is 6.10 Å². The molecule has 0 radical (unpaired) electrons. The van der Waals surface area contributed by atoms with E-state index < -0.39 is 10.2 Å². The first-order valence-electron chi connectivity index (χ1n) is 7.00. The summed E-state index contributed by atoms with van der Waals surface area (Å²) in [5, 5.41) is 2.99. The minimum Gasteiger partial charge on any atom is -0.491 e. The van der Waals surface area contributed by atoms with Crippen LogP contribution in [0.5, 0.6) is 5.75 Å². The molecule has 0 fully saturated rings. The number of rotatable bonds is 9. The minimum atomic E-state index is -3.51. The molecule has 0 heterocycles. The summed E-state index contributed by atoms with van der Waals surface area (Å²) < 4.78 is 33.6. The largest absolute Gasteiger partial charge is 0.491 e. The average molecular weight is 315 g/mol. The summed E-state index contributed by atoms with van der Waals surface area (Å²) >= 11 is 0. The van der Waals surface area contributed by atoms with Crippen LogP contribution >= 0.6 is 0 Å². The van der Waals surface area contributed by atoms with Gasteiger partial charge in [-0.25, -0.2) is 0 Å². The minimum absolute atomic E-state index is 0.0888. The SMILES string of the molecule is CNCCCN(C)S(=O)(=O)Nc1ccc(OC(C)C)cc1. The van der Waals surface area contributed by atoms with E-state index in [0.29, 0.717) is 12.2 Å². The molecule has 0 spiro atoms. The van der Waals surface area contributed by atoms with Crippen molar-refractivity contribution < 1.29 is 13.2 Å². The zero-order valence-corrected chi connectivity index (χ0v) is 13.9. The Balaban J connectivity index is 2.62. The molecular weight excluding hydrogens is 290 g/mol. The summed E-state index contributed by atoms with van der Waals surface area (Å²) in [6, 6.07) is 6.88. The molecule has 0 atom stereocenters. The number of nitrogens with one attached hydrogen (secondary N) is 2. The van der Waals surface area contributed by atoms with Crippen LogP contribution in [0.25, 0.3) is 0 Å². The Morgan fingerprint density at radius 3 is 2.38 bits per heavy atom. The Labute approximate surface area is 127 Å². The summed E-state index contributed by atoms with van der Waals surface area (Å²) in [5.41, 5.74) is 0.520. The van der Waals surface area contributed by atoms with E-state index >= 15 is 0 Å². The van der Waals surface area contributed by atoms with Crippen molar-refractivity contribution in [2.24, 2.45) is 0 Å². The molecule has 0 unspecified atom stereocenters. The average Bonchev–Trinajstić information content (AvgIpc) is 2.40. The molecule has 0 amide bonds. The van der Waals surface area contributed by atoms with Gasteiger partial charge in [-0.2, -0.15) is 12.7 Å². The van der Waals surface area contributed by atoms with Crippen molar-refractivity contribution in [3.8, 4) is 5.75 Å². The summed E-state index contributed by atoms with van der Waals surface area (Å²) in [5.74, 6) is 0.718. The van der Waals surface area contributed by atoms with Crippen LogP contribution in [0, 0.1) is 0 Å². The van der Waals surface area contributed by atoms with E-state index in [2.05, 4.69) is 10.0 Å². The molecule has 1 rings (SSSR count). The quantitative estimate of drug-likeness (QED) is 0.680. The Morgan fingerprint density at radius 2 is 1.86 bits per heavy atom. The van der Waals surface area contributed by atoms with E-state index in [1.165, 1.54) is 4.31 Å². The second-order valence-electron chi connectivity index (χ2n) is 5.08. The van der Waals surface area contributed by atoms with Gasteiger partial charge in [0.2, 0.25) is 0 Å². The molecule has 2 N–H and O–H groups in total. The van der Waals surface area contributed by atoms with Gasteiger partial charge in [-0.1, -0.05) is 0 Å². The molecule has 0 aliphatic rings. The van der Waals surface area contributed by atoms with Crippen LogP contribution in [0.3, 0.4) is 0 Å². The van der Waals surface area contributed by atoms with Gasteiger partial charge in [-0.05, 0) is 58.1 Å². The first-order chi connectivity index (χ1) is 9.85. The fraction of sp³-hybridized carbons (Fsp3) is 0.571. The summed E-state index contributed by atoms with van der Waals surface area (Å²) in [6.07, 6.45) is 0.848. The Morgan fingerprint density at radius 1 is 1.24 bits per heavy atom. The molecule has 21 heavy (non-hydrogen) atoms. The monoisotopic (exact) mass is 315 g/mol. The third kappa shape index (κ3) is 6.33. The number of hydrogen-bond donors (Lipinski definition) is 2. The Hall–Kier alpha value is -1.31. The molecule has 1 aromatic rings. The zero-order valence-electron chi connectivity index (χ0n) is 13.1. The lowest BCUT2D eigenvalue weighted by Crippen LogP contribution is -2.34. The predicted octanol–water partition coefficient (Wildman–Crippen LogP) is 1.67. The highest BCUT2D eigenvalue weighted by molar-refractivity contribution is 7.90. The van der Waals surface area contributed by atoms with Gasteiger partial charge in [0, 0.05) is 13.6 Å². The standard InChI is InChI=1S/C14H25N3O3S/c1-12(2)20-14-8-6-13(7-9-14)16-21(18,19)17(4)11-5-10-15-3/h6-9,12,15-16H,5,10-11H2,1-4H3. The van der Waals surface area contributed by atoms with Gasteiger partial charge in [-0.15, -0.1) is 0 Å². The number of hydrogen-bond acceptors (Lipinski definition) is 4. The van der Waals surface area contributed by atoms with E-state index in [0.717, 1.165) is 18.7 Å². The highest BCUT2D eigenvalue weighted by Crippen LogP contribution is 2.18. The van der Waals surface area contributed by atoms with Crippen molar-refractivity contribution in [3.05, 3.63) is 24.3 Å². The summed E-state index contributed by atoms with van der Waals surface area (Å²) in [6.45, 7) is 5.12. The zero-order chi connectivity index (χ0) is 15.9. The molecule has 7 heteroatoms. The van der Waals surface area contributed by atoms with Gasteiger partial charge < -0.3 is 10.1 Å². The van der Waals surface area contributed by atoms with Gasteiger partial charge in [0.1, 0.15) is 5.75 Å². The van der Waals surface area contributed by atoms with Gasteiger partial charge in [0.15, 0.2) is 0 Å². The molecule has 0 saturated carbocycles. The predicted molar refractivity (Wildman–Crippen MR) is 85.9 cm³/mol. The van der Waals surface area contributed by atoms with Crippen molar-refractivity contribution in [2.45, 2.75) is 26.4 Å². The van der Waals surface area contributed by atoms with Crippen molar-refractivity contribution in [3.63, 3.8) is 0 Å². The molecule has 6 nitrogen and oxygen atoms in total. The molecule has 0 aliphatic heterocycles. The third-order valence-electron chi connectivity index (χ3n) is 2.78. The van der Waals surface area contributed by atoms with Crippen LogP contribution in [0.4, 0.5) is 5.69 Å². The number of benzene rings is 1. The van der Waals surface area contributed by atoms with Crippen molar-refractivity contribution in [1.82, 2.24) is 9.62 Å². The molecule has 120 valence electrons. The number of ether oxygens (including phenoxy) is 1. The van der Waals surface area contributed by atoms with Crippen LogP contribution in [0.1, 0.15) is 20.3 Å². The lowest BCUT2D eigenvalue weighted by atomic mass is 10.3. The van der Waals surface area contributed by atoms with Crippen LogP contribution < -0.4 is 14.8 Å². The molecule has 0 aromatic heterocycles. The normalized spacial score (nSPS) is 11.9. The first-order valence-corrected chi connectivity index (χ1v) is 8.44. The van der Waals surface area contributed by atoms with Gasteiger partial charge in [0.05, 0.1) is 11.8 Å². The fourth-order valence-corrected chi connectivity index (χ4v) is 2.66. The van der Waals surface area contributed by atoms with Crippen molar-refractivity contribution in [2.75, 3.05) is 31.9 Å².